The molecule has 0 fully saturated rings. The van der Waals surface area contributed by atoms with Crippen LogP contribution in [0.5, 0.6) is 0 Å². The van der Waals surface area contributed by atoms with Crippen molar-refractivity contribution >= 4 is 31.5 Å². The summed E-state index contributed by atoms with van der Waals surface area (Å²) in [5.41, 5.74) is 16.8. The summed E-state index contributed by atoms with van der Waals surface area (Å²) < 4.78 is 2.62. The van der Waals surface area contributed by atoms with Crippen molar-refractivity contribution in [3.63, 3.8) is 0 Å². The van der Waals surface area contributed by atoms with E-state index in [1.54, 1.807) is 0 Å². The van der Waals surface area contributed by atoms with E-state index < -0.39 is 5.41 Å². The van der Waals surface area contributed by atoms with E-state index in [1.807, 2.05) is 29.5 Å². The van der Waals surface area contributed by atoms with Gasteiger partial charge in [-0.2, -0.15) is 0 Å². The summed E-state index contributed by atoms with van der Waals surface area (Å²) in [6.45, 7) is 0. The molecule has 0 aliphatic heterocycles. The molecule has 0 spiro atoms. The lowest BCUT2D eigenvalue weighted by Gasteiger charge is -2.35. The Morgan fingerprint density at radius 2 is 0.855 bits per heavy atom. The van der Waals surface area contributed by atoms with Gasteiger partial charge in [-0.3, -0.25) is 0 Å². The zero-order chi connectivity index (χ0) is 41.0. The summed E-state index contributed by atoms with van der Waals surface area (Å²) in [5.74, 6) is 0.702. The third-order valence-electron chi connectivity index (χ3n) is 12.6. The normalized spacial score (nSPS) is 12.6. The molecule has 3 heteroatoms. The minimum atomic E-state index is -0.492. The van der Waals surface area contributed by atoms with Crippen LogP contribution in [0.3, 0.4) is 0 Å². The third-order valence-corrected chi connectivity index (χ3v) is 13.7. The Balaban J connectivity index is 0.979. The van der Waals surface area contributed by atoms with Crippen molar-refractivity contribution in [2.45, 2.75) is 5.41 Å². The van der Waals surface area contributed by atoms with Crippen molar-refractivity contribution < 1.29 is 0 Å². The Labute approximate surface area is 365 Å². The zero-order valence-corrected chi connectivity index (χ0v) is 34.6. The molecule has 0 saturated carbocycles. The highest BCUT2D eigenvalue weighted by Crippen LogP contribution is 2.58. The van der Waals surface area contributed by atoms with E-state index >= 15 is 0 Å². The van der Waals surface area contributed by atoms with Crippen molar-refractivity contribution in [3.8, 4) is 67.3 Å². The number of aromatic nitrogens is 2. The molecule has 0 saturated heterocycles. The standard InChI is InChI=1S/C59H38N2S/c1-4-16-41(17-5-1)58-60-53(38-54(61-58)44-19-14-18-42(36-44)43-34-35-56-51(37-43)49-25-11-13-29-55(49)62-56)40-32-30-39(31-33-40)47-26-15-27-50-48-24-10-12-28-52(48)59(57(47)50,45-20-6-2-7-21-45)46-22-8-3-9-23-46/h1-38H. The molecule has 9 aromatic carbocycles. The van der Waals surface area contributed by atoms with Crippen molar-refractivity contribution in [2.24, 2.45) is 0 Å². The zero-order valence-electron chi connectivity index (χ0n) is 33.7. The van der Waals surface area contributed by atoms with Gasteiger partial charge >= 0.3 is 0 Å². The first-order valence-corrected chi connectivity index (χ1v) is 22.0. The van der Waals surface area contributed by atoms with Crippen molar-refractivity contribution in [1.82, 2.24) is 9.97 Å². The van der Waals surface area contributed by atoms with Crippen LogP contribution in [-0.4, -0.2) is 9.97 Å². The van der Waals surface area contributed by atoms with E-state index in [-0.39, 0.29) is 0 Å². The SMILES string of the molecule is c1ccc(-c2nc(-c3ccc(-c4cccc5c4C(c4ccccc4)(c4ccccc4)c4ccccc4-5)cc3)cc(-c3cccc(-c4ccc5sc6ccccc6c5c4)c3)n2)cc1. The fraction of sp³-hybridized carbons (Fsp3) is 0.0169. The molecule has 0 N–H and O–H groups in total. The van der Waals surface area contributed by atoms with Gasteiger partial charge in [-0.1, -0.05) is 200 Å². The van der Waals surface area contributed by atoms with Gasteiger partial charge in [-0.15, -0.1) is 11.3 Å². The van der Waals surface area contributed by atoms with Gasteiger partial charge in [0.25, 0.3) is 0 Å². The fourth-order valence-electron chi connectivity index (χ4n) is 9.79. The van der Waals surface area contributed by atoms with E-state index in [9.17, 15) is 0 Å². The number of benzene rings is 9. The van der Waals surface area contributed by atoms with Crippen LogP contribution in [0.25, 0.3) is 87.5 Å². The second-order valence-electron chi connectivity index (χ2n) is 16.1. The van der Waals surface area contributed by atoms with E-state index in [1.165, 1.54) is 64.7 Å². The second kappa shape index (κ2) is 14.8. The molecule has 0 unspecified atom stereocenters. The minimum Gasteiger partial charge on any atom is -0.228 e. The summed E-state index contributed by atoms with van der Waals surface area (Å²) in [5, 5.41) is 2.60. The Kier molecular flexibility index (Phi) is 8.62. The Hall–Kier alpha value is -7.72. The molecule has 2 aromatic heterocycles. The summed E-state index contributed by atoms with van der Waals surface area (Å²) in [6, 6.07) is 83.5. The highest BCUT2D eigenvalue weighted by Gasteiger charge is 2.47. The van der Waals surface area contributed by atoms with Crippen molar-refractivity contribution in [3.05, 3.63) is 253 Å². The average molecular weight is 807 g/mol. The highest BCUT2D eigenvalue weighted by molar-refractivity contribution is 7.25. The number of hydrogen-bond acceptors (Lipinski definition) is 3. The minimum absolute atomic E-state index is 0.492. The first-order chi connectivity index (χ1) is 30.7. The average Bonchev–Trinajstić information content (AvgIpc) is 3.88. The van der Waals surface area contributed by atoms with E-state index in [2.05, 4.69) is 212 Å². The van der Waals surface area contributed by atoms with Gasteiger partial charge in [-0.25, -0.2) is 9.97 Å². The fourth-order valence-corrected chi connectivity index (χ4v) is 10.9. The molecular formula is C59H38N2S. The summed E-state index contributed by atoms with van der Waals surface area (Å²) in [7, 11) is 0. The van der Waals surface area contributed by atoms with Gasteiger partial charge in [0.1, 0.15) is 0 Å². The lowest BCUT2D eigenvalue weighted by atomic mass is 9.66. The molecular weight excluding hydrogens is 769 g/mol. The quantitative estimate of drug-likeness (QED) is 0.160. The van der Waals surface area contributed by atoms with Gasteiger partial charge in [0.15, 0.2) is 5.82 Å². The number of rotatable bonds is 7. The summed E-state index contributed by atoms with van der Waals surface area (Å²) in [4.78, 5) is 10.4. The van der Waals surface area contributed by atoms with Crippen LogP contribution in [0.1, 0.15) is 22.3 Å². The first kappa shape index (κ1) is 36.2. The second-order valence-corrected chi connectivity index (χ2v) is 17.1. The Morgan fingerprint density at radius 1 is 0.323 bits per heavy atom. The largest absolute Gasteiger partial charge is 0.228 e. The van der Waals surface area contributed by atoms with Crippen LogP contribution in [0.2, 0.25) is 0 Å². The van der Waals surface area contributed by atoms with Crippen molar-refractivity contribution in [2.75, 3.05) is 0 Å². The lowest BCUT2D eigenvalue weighted by molar-refractivity contribution is 0.770. The molecule has 290 valence electrons. The van der Waals surface area contributed by atoms with Gasteiger partial charge in [0.05, 0.1) is 16.8 Å². The van der Waals surface area contributed by atoms with Crippen LogP contribution in [-0.2, 0) is 5.41 Å². The molecule has 1 aliphatic rings. The lowest BCUT2D eigenvalue weighted by Crippen LogP contribution is -2.29. The number of fused-ring (bicyclic) bond motifs is 6. The maximum absolute atomic E-state index is 5.22. The smallest absolute Gasteiger partial charge is 0.160 e. The van der Waals surface area contributed by atoms with E-state index in [0.717, 1.165) is 39.2 Å². The predicted molar refractivity (Wildman–Crippen MR) is 259 cm³/mol. The van der Waals surface area contributed by atoms with Crippen LogP contribution in [0, 0.1) is 0 Å². The van der Waals surface area contributed by atoms with Gasteiger partial charge in [-0.05, 0) is 86.0 Å². The Bertz CT molecular complexity index is 3400. The molecule has 62 heavy (non-hydrogen) atoms. The van der Waals surface area contributed by atoms with Crippen molar-refractivity contribution in [1.29, 1.82) is 0 Å². The highest BCUT2D eigenvalue weighted by atomic mass is 32.1. The monoisotopic (exact) mass is 806 g/mol. The topological polar surface area (TPSA) is 25.8 Å². The van der Waals surface area contributed by atoms with Crippen LogP contribution >= 0.6 is 11.3 Å². The number of hydrogen-bond donors (Lipinski definition) is 0. The first-order valence-electron chi connectivity index (χ1n) is 21.1. The molecule has 0 radical (unpaired) electrons. The van der Waals surface area contributed by atoms with Crippen LogP contribution in [0.15, 0.2) is 231 Å². The molecule has 0 bridgehead atoms. The van der Waals surface area contributed by atoms with E-state index in [0.29, 0.717) is 5.82 Å². The molecule has 0 amide bonds. The molecule has 1 aliphatic carbocycles. The summed E-state index contributed by atoms with van der Waals surface area (Å²) >= 11 is 1.85. The molecule has 12 rings (SSSR count). The molecule has 0 atom stereocenters. The molecule has 2 heterocycles. The third kappa shape index (κ3) is 5.85. The maximum Gasteiger partial charge on any atom is 0.160 e. The predicted octanol–water partition coefficient (Wildman–Crippen LogP) is 15.5. The molecule has 11 aromatic rings. The van der Waals surface area contributed by atoms with Crippen LogP contribution in [0.4, 0.5) is 0 Å². The van der Waals surface area contributed by atoms with E-state index in [4.69, 9.17) is 9.97 Å². The van der Waals surface area contributed by atoms with Gasteiger partial charge in [0, 0.05) is 36.9 Å². The van der Waals surface area contributed by atoms with Crippen LogP contribution < -0.4 is 0 Å². The maximum atomic E-state index is 5.22. The number of thiophene rings is 1. The summed E-state index contributed by atoms with van der Waals surface area (Å²) in [6.07, 6.45) is 0. The van der Waals surface area contributed by atoms with Gasteiger partial charge in [0.2, 0.25) is 0 Å². The number of nitrogens with zero attached hydrogens (tertiary/aromatic N) is 2. The van der Waals surface area contributed by atoms with Gasteiger partial charge < -0.3 is 0 Å². The molecule has 2 nitrogen and oxygen atoms in total. The Morgan fingerprint density at radius 3 is 1.63 bits per heavy atom.